The molecule has 0 bridgehead atoms. The molecule has 59 valence electrons. The molecule has 0 aromatic carbocycles. The normalized spacial score (nSPS) is 9.70. The molecule has 0 fully saturated rings. The predicted molar refractivity (Wildman–Crippen MR) is 42.7 cm³/mol. The highest BCUT2D eigenvalue weighted by atomic mass is 16.1. The lowest BCUT2D eigenvalue weighted by molar-refractivity contribution is 0.543. The van der Waals surface area contributed by atoms with E-state index < -0.39 is 0 Å². The predicted octanol–water partition coefficient (Wildman–Crippen LogP) is 1.27. The van der Waals surface area contributed by atoms with Gasteiger partial charge >= 0.3 is 0 Å². The third-order valence-electron chi connectivity index (χ3n) is 1.38. The number of carbonyl (C=O) groups excluding carboxylic acids is 1. The first-order valence-corrected chi connectivity index (χ1v) is 3.97. The molecule has 0 aliphatic heterocycles. The lowest BCUT2D eigenvalue weighted by Crippen LogP contribution is -2.13. The molecule has 0 aliphatic rings. The minimum absolute atomic E-state index is 0.603. The van der Waals surface area contributed by atoms with Crippen molar-refractivity contribution < 1.29 is 4.79 Å². The van der Waals surface area contributed by atoms with Gasteiger partial charge in [-0.2, -0.15) is 0 Å². The van der Waals surface area contributed by atoms with Crippen LogP contribution in [0, 0.1) is 0 Å². The lowest BCUT2D eigenvalue weighted by Gasteiger charge is -1.98. The van der Waals surface area contributed by atoms with Crippen LogP contribution < -0.4 is 5.32 Å². The van der Waals surface area contributed by atoms with Crippen LogP contribution >= 0.6 is 0 Å². The minimum Gasteiger partial charge on any atom is -0.317 e. The zero-order valence-corrected chi connectivity index (χ0v) is 6.65. The van der Waals surface area contributed by atoms with Gasteiger partial charge in [-0.25, -0.2) is 0 Å². The molecule has 0 saturated carbocycles. The Balaban J connectivity index is 2.70. The highest BCUT2D eigenvalue weighted by molar-refractivity contribution is 5.50. The van der Waals surface area contributed by atoms with E-state index in [4.69, 9.17) is 0 Å². The molecule has 0 unspecified atom stereocenters. The Kier molecular flexibility index (Phi) is 8.31. The summed E-state index contributed by atoms with van der Waals surface area (Å²) in [4.78, 5) is 9.75. The molecule has 0 heterocycles. The SMILES string of the molecule is CCNCCCCC[C]=O. The van der Waals surface area contributed by atoms with Crippen molar-refractivity contribution in [3.05, 3.63) is 0 Å². The molecule has 1 radical (unpaired) electrons. The molecule has 2 heteroatoms. The second-order valence-electron chi connectivity index (χ2n) is 2.31. The molecular weight excluding hydrogens is 126 g/mol. The van der Waals surface area contributed by atoms with Gasteiger partial charge in [-0.05, 0) is 25.9 Å². The molecule has 0 aromatic heterocycles. The van der Waals surface area contributed by atoms with Crippen molar-refractivity contribution in [2.24, 2.45) is 0 Å². The minimum atomic E-state index is 0.603. The van der Waals surface area contributed by atoms with Crippen molar-refractivity contribution in [2.45, 2.75) is 32.6 Å². The molecule has 0 spiro atoms. The highest BCUT2D eigenvalue weighted by Crippen LogP contribution is 1.95. The molecular formula is C8H16NO. The van der Waals surface area contributed by atoms with E-state index in [1.165, 1.54) is 6.42 Å². The Labute approximate surface area is 63.0 Å². The van der Waals surface area contributed by atoms with Gasteiger partial charge in [0.05, 0.1) is 0 Å². The summed E-state index contributed by atoms with van der Waals surface area (Å²) in [5.74, 6) is 0. The molecule has 1 N–H and O–H groups in total. The molecule has 0 rings (SSSR count). The second kappa shape index (κ2) is 8.63. The van der Waals surface area contributed by atoms with Crippen molar-refractivity contribution in [1.29, 1.82) is 0 Å². The standard InChI is InChI=1S/C8H16NO/c1-2-9-7-5-3-4-6-8-10/h9H,2-7H2,1H3. The van der Waals surface area contributed by atoms with Crippen LogP contribution in [0.4, 0.5) is 0 Å². The fourth-order valence-electron chi connectivity index (χ4n) is 0.801. The van der Waals surface area contributed by atoms with E-state index in [0.717, 1.165) is 25.9 Å². The Hall–Kier alpha value is -0.370. The van der Waals surface area contributed by atoms with Gasteiger partial charge in [0.2, 0.25) is 0 Å². The second-order valence-corrected chi connectivity index (χ2v) is 2.31. The quantitative estimate of drug-likeness (QED) is 0.542. The first kappa shape index (κ1) is 9.63. The Bertz CT molecular complexity index is 73.7. The smallest absolute Gasteiger partial charge is 0.198 e. The van der Waals surface area contributed by atoms with Gasteiger partial charge in [0.25, 0.3) is 0 Å². The first-order chi connectivity index (χ1) is 4.91. The Morgan fingerprint density at radius 3 is 2.70 bits per heavy atom. The van der Waals surface area contributed by atoms with Crippen LogP contribution in [0.3, 0.4) is 0 Å². The summed E-state index contributed by atoms with van der Waals surface area (Å²) in [6.07, 6.45) is 5.80. The summed E-state index contributed by atoms with van der Waals surface area (Å²) in [5, 5.41) is 3.23. The van der Waals surface area contributed by atoms with E-state index in [1.807, 2.05) is 6.29 Å². The van der Waals surface area contributed by atoms with Gasteiger partial charge in [-0.15, -0.1) is 0 Å². The van der Waals surface area contributed by atoms with Crippen molar-refractivity contribution in [2.75, 3.05) is 13.1 Å². The van der Waals surface area contributed by atoms with Crippen LogP contribution in [0.1, 0.15) is 32.6 Å². The van der Waals surface area contributed by atoms with Gasteiger partial charge in [-0.3, -0.25) is 4.79 Å². The average molecular weight is 142 g/mol. The third-order valence-corrected chi connectivity index (χ3v) is 1.38. The van der Waals surface area contributed by atoms with E-state index in [1.54, 1.807) is 0 Å². The van der Waals surface area contributed by atoms with Crippen LogP contribution in [-0.4, -0.2) is 19.4 Å². The molecule has 0 aromatic rings. The van der Waals surface area contributed by atoms with E-state index in [9.17, 15) is 4.79 Å². The maximum absolute atomic E-state index is 9.75. The van der Waals surface area contributed by atoms with Crippen molar-refractivity contribution in [1.82, 2.24) is 5.32 Å². The van der Waals surface area contributed by atoms with E-state index >= 15 is 0 Å². The zero-order valence-electron chi connectivity index (χ0n) is 6.65. The topological polar surface area (TPSA) is 29.1 Å². The zero-order chi connectivity index (χ0) is 7.66. The van der Waals surface area contributed by atoms with Gasteiger partial charge in [0.15, 0.2) is 6.29 Å². The Morgan fingerprint density at radius 2 is 2.10 bits per heavy atom. The highest BCUT2D eigenvalue weighted by Gasteiger charge is 1.87. The third kappa shape index (κ3) is 7.63. The first-order valence-electron chi connectivity index (χ1n) is 3.97. The summed E-state index contributed by atoms with van der Waals surface area (Å²) in [6.45, 7) is 4.22. The largest absolute Gasteiger partial charge is 0.317 e. The summed E-state index contributed by atoms with van der Waals surface area (Å²) in [6, 6.07) is 0. The molecule has 0 saturated heterocycles. The van der Waals surface area contributed by atoms with Crippen LogP contribution in [0.2, 0.25) is 0 Å². The van der Waals surface area contributed by atoms with Gasteiger partial charge in [-0.1, -0.05) is 13.3 Å². The molecule has 0 amide bonds. The van der Waals surface area contributed by atoms with Crippen LogP contribution in [0.15, 0.2) is 0 Å². The van der Waals surface area contributed by atoms with E-state index in [0.29, 0.717) is 6.42 Å². The van der Waals surface area contributed by atoms with Crippen LogP contribution in [0.25, 0.3) is 0 Å². The van der Waals surface area contributed by atoms with Crippen LogP contribution in [0.5, 0.6) is 0 Å². The number of hydrogen-bond acceptors (Lipinski definition) is 2. The monoisotopic (exact) mass is 142 g/mol. The molecule has 0 aliphatic carbocycles. The Morgan fingerprint density at radius 1 is 1.30 bits per heavy atom. The summed E-state index contributed by atoms with van der Waals surface area (Å²) in [5.41, 5.74) is 0. The molecule has 0 atom stereocenters. The molecule has 2 nitrogen and oxygen atoms in total. The molecule has 10 heavy (non-hydrogen) atoms. The average Bonchev–Trinajstić information content (AvgIpc) is 1.97. The van der Waals surface area contributed by atoms with Crippen molar-refractivity contribution in [3.63, 3.8) is 0 Å². The van der Waals surface area contributed by atoms with E-state index in [-0.39, 0.29) is 0 Å². The number of hydrogen-bond donors (Lipinski definition) is 1. The van der Waals surface area contributed by atoms with Gasteiger partial charge in [0.1, 0.15) is 0 Å². The fourth-order valence-corrected chi connectivity index (χ4v) is 0.801. The summed E-state index contributed by atoms with van der Waals surface area (Å²) < 4.78 is 0. The van der Waals surface area contributed by atoms with Crippen molar-refractivity contribution in [3.8, 4) is 0 Å². The summed E-state index contributed by atoms with van der Waals surface area (Å²) in [7, 11) is 0. The van der Waals surface area contributed by atoms with Crippen molar-refractivity contribution >= 4 is 6.29 Å². The van der Waals surface area contributed by atoms with E-state index in [2.05, 4.69) is 12.2 Å². The lowest BCUT2D eigenvalue weighted by atomic mass is 10.2. The fraction of sp³-hybridized carbons (Fsp3) is 0.875. The maximum atomic E-state index is 9.75. The van der Waals surface area contributed by atoms with Gasteiger partial charge in [0, 0.05) is 6.42 Å². The van der Waals surface area contributed by atoms with Gasteiger partial charge < -0.3 is 5.32 Å². The summed E-state index contributed by atoms with van der Waals surface area (Å²) >= 11 is 0. The number of unbranched alkanes of at least 4 members (excludes halogenated alkanes) is 3. The van der Waals surface area contributed by atoms with Crippen LogP contribution in [-0.2, 0) is 4.79 Å². The maximum Gasteiger partial charge on any atom is 0.198 e. The number of nitrogens with one attached hydrogen (secondary N) is 1. The number of rotatable bonds is 7.